The minimum absolute atomic E-state index is 0.131. The molecule has 7 nitrogen and oxygen atoms in total. The Labute approximate surface area is 156 Å². The number of nitrogens with zero attached hydrogens (tertiary/aromatic N) is 5. The van der Waals surface area contributed by atoms with Gasteiger partial charge in [0.15, 0.2) is 5.84 Å². The number of hydrazone groups is 1. The fraction of sp³-hybridized carbons (Fsp3) is 0.125. The van der Waals surface area contributed by atoms with Crippen LogP contribution in [-0.4, -0.2) is 45.7 Å². The van der Waals surface area contributed by atoms with Crippen LogP contribution in [0.3, 0.4) is 0 Å². The highest BCUT2D eigenvalue weighted by Crippen LogP contribution is 2.26. The van der Waals surface area contributed by atoms with E-state index in [0.29, 0.717) is 11.5 Å². The molecule has 1 aromatic heterocycles. The summed E-state index contributed by atoms with van der Waals surface area (Å²) in [6.07, 6.45) is 5.25. The number of terminal acetylenes is 1. The van der Waals surface area contributed by atoms with Crippen LogP contribution in [0.2, 0.25) is 0 Å². The van der Waals surface area contributed by atoms with Crippen molar-refractivity contribution in [3.63, 3.8) is 0 Å². The highest BCUT2D eigenvalue weighted by molar-refractivity contribution is 9.10. The Hall–Kier alpha value is -2.70. The molecule has 2 aliphatic heterocycles. The van der Waals surface area contributed by atoms with Crippen LogP contribution in [0, 0.1) is 12.3 Å². The summed E-state index contributed by atoms with van der Waals surface area (Å²) in [7, 11) is 0. The lowest BCUT2D eigenvalue weighted by Gasteiger charge is -2.29. The Morgan fingerprint density at radius 1 is 1.36 bits per heavy atom. The number of urea groups is 1. The van der Waals surface area contributed by atoms with Gasteiger partial charge in [-0.1, -0.05) is 34.0 Å². The van der Waals surface area contributed by atoms with Crippen LogP contribution in [0.4, 0.5) is 4.79 Å². The van der Waals surface area contributed by atoms with Gasteiger partial charge in [-0.15, -0.1) is 22.9 Å². The van der Waals surface area contributed by atoms with E-state index in [-0.39, 0.29) is 19.2 Å². The van der Waals surface area contributed by atoms with E-state index >= 15 is 0 Å². The number of nitrogens with one attached hydrogen (secondary N) is 1. The van der Waals surface area contributed by atoms with E-state index in [1.54, 1.807) is 0 Å². The molecular weight excluding hydrogens is 404 g/mol. The minimum atomic E-state index is -0.272. The van der Waals surface area contributed by atoms with Crippen molar-refractivity contribution in [3.05, 3.63) is 39.1 Å². The second-order valence-electron chi connectivity index (χ2n) is 5.23. The number of thiazole rings is 1. The molecule has 3 heterocycles. The van der Waals surface area contributed by atoms with E-state index in [1.165, 1.54) is 21.2 Å². The number of rotatable bonds is 3. The number of halogens is 1. The highest BCUT2D eigenvalue weighted by Gasteiger charge is 2.37. The number of carbonyl (C=O) groups excluding carboxylic acids is 1. The standard InChI is InChI=1S/C16H11BrN6OS/c1-2-7-23-16(24)22-9-18-13(14(22)20-21-23)15-19-12(8-25-15)10-3-5-11(17)6-4-10/h1,3-6,8,21H,7,9H2. The zero-order chi connectivity index (χ0) is 17.4. The van der Waals surface area contributed by atoms with Crippen molar-refractivity contribution >= 4 is 44.8 Å². The van der Waals surface area contributed by atoms with Crippen molar-refractivity contribution in [1.82, 2.24) is 20.4 Å². The lowest BCUT2D eigenvalue weighted by molar-refractivity contribution is 0.151. The molecule has 0 fully saturated rings. The van der Waals surface area contributed by atoms with Gasteiger partial charge in [0, 0.05) is 15.4 Å². The largest absolute Gasteiger partial charge is 0.348 e. The topological polar surface area (TPSA) is 73.2 Å². The molecule has 0 radical (unpaired) electrons. The first-order valence-electron chi connectivity index (χ1n) is 7.30. The fourth-order valence-corrected chi connectivity index (χ4v) is 3.56. The summed E-state index contributed by atoms with van der Waals surface area (Å²) in [5.41, 5.74) is 5.14. The van der Waals surface area contributed by atoms with E-state index < -0.39 is 0 Å². The van der Waals surface area contributed by atoms with Crippen molar-refractivity contribution < 1.29 is 4.79 Å². The number of carbonyl (C=O) groups is 1. The molecule has 0 unspecified atom stereocenters. The number of amides is 2. The zero-order valence-electron chi connectivity index (χ0n) is 12.8. The van der Waals surface area contributed by atoms with E-state index in [9.17, 15) is 4.79 Å². The molecule has 9 heteroatoms. The zero-order valence-corrected chi connectivity index (χ0v) is 15.2. The molecule has 124 valence electrons. The first-order chi connectivity index (χ1) is 12.2. The molecule has 1 N–H and O–H groups in total. The number of aliphatic imine (C=N–C) groups is 1. The summed E-state index contributed by atoms with van der Waals surface area (Å²) in [4.78, 5) is 22.9. The van der Waals surface area contributed by atoms with E-state index in [1.807, 2.05) is 29.6 Å². The number of benzene rings is 1. The lowest BCUT2D eigenvalue weighted by Crippen LogP contribution is -2.55. The number of aromatic nitrogens is 1. The number of fused-ring (bicyclic) bond motifs is 1. The third-order valence-electron chi connectivity index (χ3n) is 3.67. The Bertz CT molecular complexity index is 942. The molecule has 0 aliphatic carbocycles. The molecule has 0 saturated carbocycles. The van der Waals surface area contributed by atoms with Gasteiger partial charge in [0.2, 0.25) is 0 Å². The molecule has 4 rings (SSSR count). The van der Waals surface area contributed by atoms with Crippen LogP contribution in [0.5, 0.6) is 0 Å². The van der Waals surface area contributed by atoms with Gasteiger partial charge in [-0.05, 0) is 12.1 Å². The lowest BCUT2D eigenvalue weighted by atomic mass is 10.2. The minimum Gasteiger partial charge on any atom is -0.256 e. The van der Waals surface area contributed by atoms with Crippen LogP contribution < -0.4 is 5.53 Å². The van der Waals surface area contributed by atoms with E-state index in [2.05, 4.69) is 42.5 Å². The predicted molar refractivity (Wildman–Crippen MR) is 100.0 cm³/mol. The first kappa shape index (κ1) is 15.8. The van der Waals surface area contributed by atoms with Gasteiger partial charge >= 0.3 is 6.03 Å². The number of hydrogen-bond acceptors (Lipinski definition) is 6. The fourth-order valence-electron chi connectivity index (χ4n) is 2.46. The Morgan fingerprint density at radius 3 is 2.92 bits per heavy atom. The molecule has 0 atom stereocenters. The molecule has 0 saturated heterocycles. The van der Waals surface area contributed by atoms with Crippen LogP contribution in [0.25, 0.3) is 11.3 Å². The summed E-state index contributed by atoms with van der Waals surface area (Å²) in [6, 6.07) is 7.65. The molecule has 2 aliphatic rings. The second-order valence-corrected chi connectivity index (χ2v) is 7.00. The van der Waals surface area contributed by atoms with Crippen LogP contribution in [-0.2, 0) is 0 Å². The smallest absolute Gasteiger partial charge is 0.256 e. The van der Waals surface area contributed by atoms with Gasteiger partial charge in [-0.25, -0.2) is 20.3 Å². The van der Waals surface area contributed by atoms with Crippen molar-refractivity contribution in [1.29, 1.82) is 0 Å². The molecular formula is C16H11BrN6OS. The average Bonchev–Trinajstić information content (AvgIpc) is 3.25. The van der Waals surface area contributed by atoms with Crippen LogP contribution >= 0.6 is 27.3 Å². The molecule has 0 spiro atoms. The summed E-state index contributed by atoms with van der Waals surface area (Å²) in [5, 5.41) is 8.17. The molecule has 1 aromatic carbocycles. The number of hydrogen-bond donors (Lipinski definition) is 1. The maximum atomic E-state index is 12.4. The Balaban J connectivity index is 1.61. The van der Waals surface area contributed by atoms with Crippen LogP contribution in [0.1, 0.15) is 5.01 Å². The summed E-state index contributed by atoms with van der Waals surface area (Å²) in [6.45, 7) is 0.343. The van der Waals surface area contributed by atoms with E-state index in [0.717, 1.165) is 20.7 Å². The summed E-state index contributed by atoms with van der Waals surface area (Å²) >= 11 is 4.89. The summed E-state index contributed by atoms with van der Waals surface area (Å²) in [5.74, 6) is 2.88. The SMILES string of the molecule is C#CCN1NN=C2C(c3nc(-c4ccc(Br)cc4)cs3)=NCN2C1=O. The second kappa shape index (κ2) is 6.31. The van der Waals surface area contributed by atoms with Gasteiger partial charge < -0.3 is 0 Å². The van der Waals surface area contributed by atoms with Crippen molar-refractivity contribution in [2.24, 2.45) is 10.1 Å². The van der Waals surface area contributed by atoms with Gasteiger partial charge in [-0.3, -0.25) is 9.89 Å². The maximum absolute atomic E-state index is 12.4. The number of hydrazine groups is 1. The molecule has 2 aromatic rings. The highest BCUT2D eigenvalue weighted by atomic mass is 79.9. The first-order valence-corrected chi connectivity index (χ1v) is 8.97. The Kier molecular flexibility index (Phi) is 3.99. The monoisotopic (exact) mass is 414 g/mol. The molecule has 0 bridgehead atoms. The third-order valence-corrected chi connectivity index (χ3v) is 5.05. The predicted octanol–water partition coefficient (Wildman–Crippen LogP) is 2.52. The van der Waals surface area contributed by atoms with Crippen molar-refractivity contribution in [3.8, 4) is 23.6 Å². The third kappa shape index (κ3) is 2.79. The normalized spacial score (nSPS) is 16.1. The van der Waals surface area contributed by atoms with Gasteiger partial charge in [0.1, 0.15) is 23.9 Å². The molecule has 25 heavy (non-hydrogen) atoms. The molecule has 2 amide bonds. The van der Waals surface area contributed by atoms with Gasteiger partial charge in [0.25, 0.3) is 0 Å². The average molecular weight is 415 g/mol. The Morgan fingerprint density at radius 2 is 2.16 bits per heavy atom. The maximum Gasteiger partial charge on any atom is 0.348 e. The van der Waals surface area contributed by atoms with Gasteiger partial charge in [-0.2, -0.15) is 0 Å². The van der Waals surface area contributed by atoms with Crippen molar-refractivity contribution in [2.45, 2.75) is 0 Å². The summed E-state index contributed by atoms with van der Waals surface area (Å²) < 4.78 is 1.01. The van der Waals surface area contributed by atoms with Gasteiger partial charge in [0.05, 0.1) is 5.69 Å². The number of amidine groups is 1. The quantitative estimate of drug-likeness (QED) is 0.784. The van der Waals surface area contributed by atoms with Crippen molar-refractivity contribution in [2.75, 3.05) is 13.2 Å². The van der Waals surface area contributed by atoms with Crippen LogP contribution in [0.15, 0.2) is 44.2 Å². The van der Waals surface area contributed by atoms with E-state index in [4.69, 9.17) is 6.42 Å².